The molecule has 2 nitrogen and oxygen atoms in total. The van der Waals surface area contributed by atoms with Crippen molar-refractivity contribution in [2.75, 3.05) is 5.33 Å². The average molecular weight is 214 g/mol. The second-order valence-corrected chi connectivity index (χ2v) is 2.76. The first-order valence-corrected chi connectivity index (χ1v) is 4.18. The van der Waals surface area contributed by atoms with E-state index in [0.29, 0.717) is 7.69 Å². The third-order valence-electron chi connectivity index (χ3n) is 0.773. The lowest BCUT2D eigenvalue weighted by atomic mass is 10.3. The predicted octanol–water partition coefficient (Wildman–Crippen LogP) is 1.27. The number of hydrogen-bond acceptors (Lipinski definition) is 2. The van der Waals surface area contributed by atoms with Crippen LogP contribution < -0.4 is 0 Å². The summed E-state index contributed by atoms with van der Waals surface area (Å²) in [6.07, 6.45) is 1.69. The minimum absolute atomic E-state index is 0.396. The summed E-state index contributed by atoms with van der Waals surface area (Å²) < 4.78 is 4.52. The first-order valence-electron chi connectivity index (χ1n) is 2.62. The van der Waals surface area contributed by atoms with Crippen LogP contribution in [0.3, 0.4) is 0 Å². The fourth-order valence-corrected chi connectivity index (χ4v) is 0.896. The molecule has 9 heavy (non-hydrogen) atoms. The largest absolute Gasteiger partial charge is 0.486 e. The van der Waals surface area contributed by atoms with Gasteiger partial charge in [-0.25, -0.2) is 0 Å². The third kappa shape index (κ3) is 6.64. The second kappa shape index (κ2) is 6.87. The van der Waals surface area contributed by atoms with Crippen molar-refractivity contribution < 1.29 is 9.68 Å². The molecule has 0 aliphatic heterocycles. The quantitative estimate of drug-likeness (QED) is 0.551. The minimum atomic E-state index is -0.396. The summed E-state index contributed by atoms with van der Waals surface area (Å²) in [7, 11) is 0.617. The van der Waals surface area contributed by atoms with Crippen LogP contribution in [0.15, 0.2) is 0 Å². The van der Waals surface area contributed by atoms with Crippen LogP contribution in [0.4, 0.5) is 0 Å². The van der Waals surface area contributed by atoms with E-state index in [1.54, 1.807) is 0 Å². The number of hydrogen-bond donors (Lipinski definition) is 1. The number of halogens is 2. The molecule has 0 fully saturated rings. The summed E-state index contributed by atoms with van der Waals surface area (Å²) in [5, 5.41) is 9.00. The van der Waals surface area contributed by atoms with Crippen LogP contribution in [0.2, 0.25) is 0 Å². The van der Waals surface area contributed by atoms with Gasteiger partial charge in [-0.3, -0.25) is 0 Å². The highest BCUT2D eigenvalue weighted by atomic mass is 79.9. The van der Waals surface area contributed by atoms with Crippen LogP contribution in [0, 0.1) is 0 Å². The van der Waals surface area contributed by atoms with Gasteiger partial charge >= 0.3 is 7.69 Å². The Balaban J connectivity index is 2.95. The van der Waals surface area contributed by atoms with Gasteiger partial charge in [-0.15, -0.1) is 0 Å². The van der Waals surface area contributed by atoms with Gasteiger partial charge in [0.15, 0.2) is 0 Å². The Hall–Kier alpha value is 0.755. The lowest BCUT2D eigenvalue weighted by Gasteiger charge is -2.05. The Labute approximate surface area is 69.0 Å². The molecule has 0 amide bonds. The topological polar surface area (TPSA) is 29.5 Å². The zero-order chi connectivity index (χ0) is 7.11. The van der Waals surface area contributed by atoms with E-state index in [4.69, 9.17) is 16.6 Å². The Bertz CT molecular complexity index is 66.5. The van der Waals surface area contributed by atoms with Crippen molar-refractivity contribution in [3.05, 3.63) is 0 Å². The molecule has 0 rings (SSSR count). The lowest BCUT2D eigenvalue weighted by molar-refractivity contribution is 0.243. The van der Waals surface area contributed by atoms with E-state index in [9.17, 15) is 0 Å². The zero-order valence-electron chi connectivity index (χ0n) is 4.89. The fraction of sp³-hybridized carbons (Fsp3) is 1.00. The van der Waals surface area contributed by atoms with Crippen LogP contribution in [0.1, 0.15) is 12.8 Å². The maximum atomic E-state index is 8.09. The summed E-state index contributed by atoms with van der Waals surface area (Å²) >= 11 is 8.77. The summed E-state index contributed by atoms with van der Waals surface area (Å²) in [6, 6.07) is 0. The smallest absolute Gasteiger partial charge is 0.429 e. The molecular formula is C4H8BBrClO2. The van der Waals surface area contributed by atoms with Crippen LogP contribution in [0.5, 0.6) is 0 Å². The molecule has 5 heteroatoms. The summed E-state index contributed by atoms with van der Waals surface area (Å²) in [4.78, 5) is 0. The highest BCUT2D eigenvalue weighted by Gasteiger charge is 2.02. The van der Waals surface area contributed by atoms with Crippen molar-refractivity contribution in [1.82, 2.24) is 0 Å². The molecule has 0 aromatic heterocycles. The Morgan fingerprint density at radius 2 is 2.44 bits per heavy atom. The molecule has 0 bridgehead atoms. The van der Waals surface area contributed by atoms with Gasteiger partial charge in [-0.2, -0.15) is 0 Å². The van der Waals surface area contributed by atoms with Gasteiger partial charge in [-0.1, -0.05) is 27.5 Å². The highest BCUT2D eigenvalue weighted by Crippen LogP contribution is 2.06. The van der Waals surface area contributed by atoms with Gasteiger partial charge in [0.1, 0.15) is 5.56 Å². The number of alkyl halides is 2. The molecule has 0 saturated heterocycles. The molecule has 0 aromatic carbocycles. The van der Waals surface area contributed by atoms with Crippen LogP contribution in [-0.4, -0.2) is 23.6 Å². The molecule has 0 saturated carbocycles. The molecule has 53 valence electrons. The van der Waals surface area contributed by atoms with E-state index in [2.05, 4.69) is 20.6 Å². The van der Waals surface area contributed by atoms with Crippen molar-refractivity contribution in [2.45, 2.75) is 18.4 Å². The van der Waals surface area contributed by atoms with E-state index in [0.717, 1.165) is 18.2 Å². The maximum absolute atomic E-state index is 8.09. The predicted molar refractivity (Wildman–Crippen MR) is 41.7 cm³/mol. The molecule has 1 unspecified atom stereocenters. The first-order chi connectivity index (χ1) is 4.31. The van der Waals surface area contributed by atoms with E-state index >= 15 is 0 Å². The Morgan fingerprint density at radius 3 is 2.89 bits per heavy atom. The van der Waals surface area contributed by atoms with Gasteiger partial charge in [-0.05, 0) is 12.8 Å². The molecular weight excluding hydrogens is 206 g/mol. The summed E-state index contributed by atoms with van der Waals surface area (Å²) in [5.74, 6) is 0. The molecule has 0 spiro atoms. The van der Waals surface area contributed by atoms with Crippen LogP contribution in [0.25, 0.3) is 0 Å². The SMILES string of the molecule is O[B]OC(Cl)CCCBr. The maximum Gasteiger partial charge on any atom is 0.486 e. The Kier molecular flexibility index (Phi) is 7.45. The molecule has 0 aliphatic carbocycles. The first kappa shape index (κ1) is 9.75. The van der Waals surface area contributed by atoms with Gasteiger partial charge in [0.2, 0.25) is 0 Å². The lowest BCUT2D eigenvalue weighted by Crippen LogP contribution is -2.08. The van der Waals surface area contributed by atoms with E-state index in [-0.39, 0.29) is 0 Å². The van der Waals surface area contributed by atoms with Gasteiger partial charge in [0, 0.05) is 5.33 Å². The van der Waals surface area contributed by atoms with Crippen molar-refractivity contribution in [2.24, 2.45) is 0 Å². The molecule has 1 N–H and O–H groups in total. The molecule has 0 heterocycles. The number of rotatable bonds is 5. The average Bonchev–Trinajstić information content (AvgIpc) is 1.85. The van der Waals surface area contributed by atoms with Gasteiger partial charge in [0.05, 0.1) is 0 Å². The molecule has 0 aliphatic rings. The van der Waals surface area contributed by atoms with Gasteiger partial charge < -0.3 is 9.68 Å². The van der Waals surface area contributed by atoms with Crippen molar-refractivity contribution in [3.63, 3.8) is 0 Å². The highest BCUT2D eigenvalue weighted by molar-refractivity contribution is 9.09. The molecule has 1 radical (unpaired) electrons. The van der Waals surface area contributed by atoms with Crippen molar-refractivity contribution in [3.8, 4) is 0 Å². The third-order valence-corrected chi connectivity index (χ3v) is 1.66. The van der Waals surface area contributed by atoms with E-state index < -0.39 is 5.56 Å². The molecule has 1 atom stereocenters. The van der Waals surface area contributed by atoms with E-state index in [1.165, 1.54) is 0 Å². The zero-order valence-corrected chi connectivity index (χ0v) is 7.23. The van der Waals surface area contributed by atoms with Crippen LogP contribution in [-0.2, 0) is 4.65 Å². The monoisotopic (exact) mass is 213 g/mol. The molecule has 0 aromatic rings. The Morgan fingerprint density at radius 1 is 1.78 bits per heavy atom. The summed E-state index contributed by atoms with van der Waals surface area (Å²) in [5.41, 5.74) is -0.396. The van der Waals surface area contributed by atoms with Gasteiger partial charge in [0.25, 0.3) is 0 Å². The normalized spacial score (nSPS) is 13.2. The van der Waals surface area contributed by atoms with Crippen molar-refractivity contribution >= 4 is 35.2 Å². The van der Waals surface area contributed by atoms with Crippen molar-refractivity contribution in [1.29, 1.82) is 0 Å². The summed E-state index contributed by atoms with van der Waals surface area (Å²) in [6.45, 7) is 0. The standard InChI is InChI=1S/C4H8BBrClO2/c6-3-1-2-4(7)9-5-8/h4,8H,1-3H2. The van der Waals surface area contributed by atoms with Crippen LogP contribution >= 0.6 is 27.5 Å². The fourth-order valence-electron chi connectivity index (χ4n) is 0.372. The second-order valence-electron chi connectivity index (χ2n) is 1.48. The van der Waals surface area contributed by atoms with E-state index in [1.807, 2.05) is 0 Å². The minimum Gasteiger partial charge on any atom is -0.429 e.